The lowest BCUT2D eigenvalue weighted by molar-refractivity contribution is 0.354. The highest BCUT2D eigenvalue weighted by Gasteiger charge is 2.35. The molecule has 0 bridgehead atoms. The molecule has 0 fully saturated rings. The topological polar surface area (TPSA) is 113 Å². The summed E-state index contributed by atoms with van der Waals surface area (Å²) in [6.07, 6.45) is 1.56. The lowest BCUT2D eigenvalue weighted by Gasteiger charge is -2.27. The van der Waals surface area contributed by atoms with Crippen molar-refractivity contribution in [2.24, 2.45) is 5.73 Å². The Kier molecular flexibility index (Phi) is 5.17. The van der Waals surface area contributed by atoms with E-state index in [-0.39, 0.29) is 23.6 Å². The van der Waals surface area contributed by atoms with E-state index in [1.807, 2.05) is 0 Å². The molecule has 158 valence electrons. The van der Waals surface area contributed by atoms with Gasteiger partial charge in [-0.05, 0) is 36.8 Å². The molecule has 1 aliphatic rings. The van der Waals surface area contributed by atoms with Gasteiger partial charge >= 0.3 is 0 Å². The summed E-state index contributed by atoms with van der Waals surface area (Å²) in [6, 6.07) is 12.7. The van der Waals surface area contributed by atoms with Crippen molar-refractivity contribution in [2.45, 2.75) is 19.4 Å². The van der Waals surface area contributed by atoms with Gasteiger partial charge in [-0.25, -0.2) is 0 Å². The first-order valence-electron chi connectivity index (χ1n) is 9.54. The molecule has 1 aromatic carbocycles. The number of furan rings is 1. The summed E-state index contributed by atoms with van der Waals surface area (Å²) in [4.78, 5) is 13.6. The standard InChI is InChI=1S/C23H21N3O5/c1-13-9-19-21(23(27)26(13)12-15-5-4-8-30-15)20(16(11-24)22(25)31-19)14-6-7-17(28-2)18(10-14)29-3/h4-10,20H,12,25H2,1-3H3/t20-/m1/s1. The Balaban J connectivity index is 1.94. The maximum absolute atomic E-state index is 13.6. The smallest absolute Gasteiger partial charge is 0.259 e. The fourth-order valence-electron chi connectivity index (χ4n) is 3.81. The zero-order valence-corrected chi connectivity index (χ0v) is 17.3. The predicted molar refractivity (Wildman–Crippen MR) is 112 cm³/mol. The van der Waals surface area contributed by atoms with Gasteiger partial charge < -0.3 is 28.9 Å². The Morgan fingerprint density at radius 3 is 2.61 bits per heavy atom. The van der Waals surface area contributed by atoms with Crippen molar-refractivity contribution in [3.05, 3.63) is 87.1 Å². The molecule has 0 saturated carbocycles. The quantitative estimate of drug-likeness (QED) is 0.676. The largest absolute Gasteiger partial charge is 0.493 e. The summed E-state index contributed by atoms with van der Waals surface area (Å²) in [5.74, 6) is 1.23. The predicted octanol–water partition coefficient (Wildman–Crippen LogP) is 3.03. The van der Waals surface area contributed by atoms with Gasteiger partial charge in [-0.3, -0.25) is 4.79 Å². The van der Waals surface area contributed by atoms with Crippen LogP contribution in [0.1, 0.15) is 28.5 Å². The molecule has 4 rings (SSSR count). The number of nitrogens with two attached hydrogens (primary N) is 1. The number of aryl methyl sites for hydroxylation is 1. The number of nitrogens with zero attached hydrogens (tertiary/aromatic N) is 2. The van der Waals surface area contributed by atoms with Crippen LogP contribution in [-0.2, 0) is 6.54 Å². The summed E-state index contributed by atoms with van der Waals surface area (Å²) < 4.78 is 23.4. The second-order valence-electron chi connectivity index (χ2n) is 7.07. The third-order valence-corrected chi connectivity index (χ3v) is 5.32. The second kappa shape index (κ2) is 7.95. The van der Waals surface area contributed by atoms with Crippen LogP contribution >= 0.6 is 0 Å². The highest BCUT2D eigenvalue weighted by Crippen LogP contribution is 2.42. The maximum atomic E-state index is 13.6. The zero-order chi connectivity index (χ0) is 22.1. The van der Waals surface area contributed by atoms with E-state index < -0.39 is 5.92 Å². The molecule has 0 spiro atoms. The van der Waals surface area contributed by atoms with E-state index in [4.69, 9.17) is 24.4 Å². The number of benzene rings is 1. The van der Waals surface area contributed by atoms with Crippen LogP contribution in [-0.4, -0.2) is 18.8 Å². The number of nitriles is 1. The van der Waals surface area contributed by atoms with E-state index >= 15 is 0 Å². The van der Waals surface area contributed by atoms with Crippen molar-refractivity contribution in [3.63, 3.8) is 0 Å². The second-order valence-corrected chi connectivity index (χ2v) is 7.07. The van der Waals surface area contributed by atoms with E-state index in [0.29, 0.717) is 39.8 Å². The number of allylic oxidation sites excluding steroid dienone is 1. The normalized spacial score (nSPS) is 15.1. The van der Waals surface area contributed by atoms with Gasteiger partial charge in [-0.1, -0.05) is 6.07 Å². The molecule has 2 aromatic heterocycles. The first-order chi connectivity index (χ1) is 15.0. The van der Waals surface area contributed by atoms with E-state index in [0.717, 1.165) is 0 Å². The molecule has 0 saturated heterocycles. The Labute approximate surface area is 178 Å². The number of hydrogen-bond donors (Lipinski definition) is 1. The molecule has 3 aromatic rings. The van der Waals surface area contributed by atoms with Gasteiger partial charge in [0.2, 0.25) is 5.88 Å². The molecule has 0 radical (unpaired) electrons. The van der Waals surface area contributed by atoms with E-state index in [1.165, 1.54) is 14.2 Å². The molecule has 0 unspecified atom stereocenters. The number of aromatic nitrogens is 1. The molecule has 31 heavy (non-hydrogen) atoms. The molecule has 0 amide bonds. The SMILES string of the molecule is COc1ccc([C@@H]2C(C#N)=C(N)Oc3cc(C)n(Cc4ccco4)c(=O)c32)cc1OC. The fraction of sp³-hybridized carbons (Fsp3) is 0.217. The average Bonchev–Trinajstić information content (AvgIpc) is 3.28. The molecular weight excluding hydrogens is 398 g/mol. The van der Waals surface area contributed by atoms with Crippen LogP contribution in [0, 0.1) is 18.3 Å². The van der Waals surface area contributed by atoms with Crippen LogP contribution in [0.2, 0.25) is 0 Å². The van der Waals surface area contributed by atoms with Crippen LogP contribution in [0.4, 0.5) is 0 Å². The molecule has 8 nitrogen and oxygen atoms in total. The molecule has 3 heterocycles. The van der Waals surface area contributed by atoms with Crippen molar-refractivity contribution >= 4 is 0 Å². The van der Waals surface area contributed by atoms with E-state index in [1.54, 1.807) is 54.2 Å². The summed E-state index contributed by atoms with van der Waals surface area (Å²) >= 11 is 0. The minimum atomic E-state index is -0.718. The van der Waals surface area contributed by atoms with Gasteiger partial charge in [0.05, 0.1) is 38.5 Å². The van der Waals surface area contributed by atoms with Crippen LogP contribution in [0.25, 0.3) is 0 Å². The zero-order valence-electron chi connectivity index (χ0n) is 17.3. The summed E-state index contributed by atoms with van der Waals surface area (Å²) in [5, 5.41) is 9.82. The van der Waals surface area contributed by atoms with Crippen LogP contribution < -0.4 is 25.5 Å². The summed E-state index contributed by atoms with van der Waals surface area (Å²) in [5.41, 5.74) is 7.60. The number of rotatable bonds is 5. The molecule has 0 aliphatic carbocycles. The minimum Gasteiger partial charge on any atom is -0.493 e. The number of ether oxygens (including phenoxy) is 3. The van der Waals surface area contributed by atoms with Crippen LogP contribution in [0.5, 0.6) is 17.2 Å². The van der Waals surface area contributed by atoms with Crippen molar-refractivity contribution in [2.75, 3.05) is 14.2 Å². The fourth-order valence-corrected chi connectivity index (χ4v) is 3.81. The third kappa shape index (κ3) is 3.40. The Hall–Kier alpha value is -4.12. The number of pyridine rings is 1. The van der Waals surface area contributed by atoms with Gasteiger partial charge in [0.25, 0.3) is 5.56 Å². The molecular formula is C23H21N3O5. The summed E-state index contributed by atoms with van der Waals surface area (Å²) in [6.45, 7) is 2.06. The highest BCUT2D eigenvalue weighted by molar-refractivity contribution is 5.57. The lowest BCUT2D eigenvalue weighted by atomic mass is 9.84. The monoisotopic (exact) mass is 419 g/mol. The first kappa shape index (κ1) is 20.2. The number of methoxy groups -OCH3 is 2. The highest BCUT2D eigenvalue weighted by atomic mass is 16.5. The van der Waals surface area contributed by atoms with Crippen LogP contribution in [0.3, 0.4) is 0 Å². The van der Waals surface area contributed by atoms with Gasteiger partial charge in [-0.15, -0.1) is 0 Å². The molecule has 8 heteroatoms. The third-order valence-electron chi connectivity index (χ3n) is 5.32. The van der Waals surface area contributed by atoms with Gasteiger partial charge in [0.1, 0.15) is 23.2 Å². The molecule has 1 aliphatic heterocycles. The van der Waals surface area contributed by atoms with Gasteiger partial charge in [0.15, 0.2) is 11.5 Å². The maximum Gasteiger partial charge on any atom is 0.259 e. The van der Waals surface area contributed by atoms with Crippen LogP contribution in [0.15, 0.2) is 63.3 Å². The van der Waals surface area contributed by atoms with Crippen molar-refractivity contribution in [1.82, 2.24) is 4.57 Å². The number of fused-ring (bicyclic) bond motifs is 1. The Bertz CT molecular complexity index is 1270. The number of hydrogen-bond acceptors (Lipinski definition) is 7. The Morgan fingerprint density at radius 1 is 1.19 bits per heavy atom. The lowest BCUT2D eigenvalue weighted by Crippen LogP contribution is -2.33. The van der Waals surface area contributed by atoms with Crippen molar-refractivity contribution in [1.29, 1.82) is 5.26 Å². The Morgan fingerprint density at radius 2 is 1.97 bits per heavy atom. The van der Waals surface area contributed by atoms with Gasteiger partial charge in [-0.2, -0.15) is 5.26 Å². The average molecular weight is 419 g/mol. The first-order valence-corrected chi connectivity index (χ1v) is 9.54. The van der Waals surface area contributed by atoms with Gasteiger partial charge in [0, 0.05) is 11.8 Å². The van der Waals surface area contributed by atoms with Crippen molar-refractivity contribution in [3.8, 4) is 23.3 Å². The van der Waals surface area contributed by atoms with Crippen molar-refractivity contribution < 1.29 is 18.6 Å². The van der Waals surface area contributed by atoms with E-state index in [2.05, 4.69) is 6.07 Å². The molecule has 2 N–H and O–H groups in total. The van der Waals surface area contributed by atoms with E-state index in [9.17, 15) is 10.1 Å². The minimum absolute atomic E-state index is 0.0302. The summed E-state index contributed by atoms with van der Waals surface area (Å²) in [7, 11) is 3.06. The molecule has 1 atom stereocenters.